The van der Waals surface area contributed by atoms with E-state index in [9.17, 15) is 9.90 Å². The minimum absolute atomic E-state index is 0.586. The molecule has 0 amide bonds. The lowest BCUT2D eigenvalue weighted by Crippen LogP contribution is -2.22. The number of carboxylic acids is 1. The van der Waals surface area contributed by atoms with Gasteiger partial charge in [0, 0.05) is 12.7 Å². The molecule has 0 aliphatic heterocycles. The predicted molar refractivity (Wildman–Crippen MR) is 70.2 cm³/mol. The molecule has 1 heterocycles. The number of methoxy groups -OCH3 is 1. The highest BCUT2D eigenvalue weighted by Crippen LogP contribution is 2.21. The first-order chi connectivity index (χ1) is 9.11. The fourth-order valence-corrected chi connectivity index (χ4v) is 1.76. The van der Waals surface area contributed by atoms with Crippen molar-refractivity contribution in [3.63, 3.8) is 0 Å². The number of anilines is 1. The van der Waals surface area contributed by atoms with Crippen LogP contribution in [0.25, 0.3) is 0 Å². The third-order valence-electron chi connectivity index (χ3n) is 2.80. The average Bonchev–Trinajstić information content (AvgIpc) is 2.82. The lowest BCUT2D eigenvalue weighted by atomic mass is 10.2. The smallest absolute Gasteiger partial charge is 0.332 e. The molecule has 1 aromatic carbocycles. The number of nitrogens with zero attached hydrogens (tertiary/aromatic N) is 2. The maximum atomic E-state index is 11.3. The molecule has 0 saturated carbocycles. The van der Waals surface area contributed by atoms with Crippen molar-refractivity contribution in [1.29, 1.82) is 0 Å². The highest BCUT2D eigenvalue weighted by Gasteiger charge is 2.22. The summed E-state index contributed by atoms with van der Waals surface area (Å²) in [6.07, 6.45) is 3.11. The Morgan fingerprint density at radius 2 is 2.11 bits per heavy atom. The van der Waals surface area contributed by atoms with Crippen LogP contribution in [0.1, 0.15) is 11.7 Å². The van der Waals surface area contributed by atoms with Gasteiger partial charge in [0.1, 0.15) is 5.75 Å². The first-order valence-corrected chi connectivity index (χ1v) is 5.71. The summed E-state index contributed by atoms with van der Waals surface area (Å²) >= 11 is 0. The Kier molecular flexibility index (Phi) is 3.70. The average molecular weight is 261 g/mol. The van der Waals surface area contributed by atoms with Gasteiger partial charge in [0.2, 0.25) is 0 Å². The number of aromatic nitrogens is 2. The maximum absolute atomic E-state index is 11.3. The predicted octanol–water partition coefficient (Wildman–Crippen LogP) is 1.67. The number of rotatable bonds is 5. The lowest BCUT2D eigenvalue weighted by Gasteiger charge is -2.16. The molecule has 1 unspecified atom stereocenters. The van der Waals surface area contributed by atoms with Crippen molar-refractivity contribution in [3.8, 4) is 5.75 Å². The molecule has 1 atom stereocenters. The molecule has 100 valence electrons. The number of aliphatic carboxylic acids is 1. The standard InChI is InChI=1S/C13H15N3O3/c1-16-8-14-7-11(16)12(13(17)18)15-9-3-5-10(19-2)6-4-9/h3-8,12,15H,1-2H3,(H,17,18). The minimum atomic E-state index is -0.959. The van der Waals surface area contributed by atoms with Crippen LogP contribution < -0.4 is 10.1 Å². The van der Waals surface area contributed by atoms with Gasteiger partial charge in [0.25, 0.3) is 0 Å². The molecule has 2 N–H and O–H groups in total. The summed E-state index contributed by atoms with van der Waals surface area (Å²) in [5.41, 5.74) is 1.29. The fourth-order valence-electron chi connectivity index (χ4n) is 1.76. The molecular weight excluding hydrogens is 246 g/mol. The van der Waals surface area contributed by atoms with Crippen LogP contribution in [-0.2, 0) is 11.8 Å². The molecular formula is C13H15N3O3. The van der Waals surface area contributed by atoms with Crippen LogP contribution in [0.4, 0.5) is 5.69 Å². The highest BCUT2D eigenvalue weighted by molar-refractivity contribution is 5.78. The summed E-state index contributed by atoms with van der Waals surface area (Å²) in [6, 6.07) is 6.23. The zero-order valence-corrected chi connectivity index (χ0v) is 10.7. The Morgan fingerprint density at radius 1 is 1.42 bits per heavy atom. The van der Waals surface area contributed by atoms with Gasteiger partial charge in [-0.3, -0.25) is 0 Å². The Hall–Kier alpha value is -2.50. The molecule has 0 aliphatic carbocycles. The van der Waals surface area contributed by atoms with Crippen LogP contribution in [-0.4, -0.2) is 27.7 Å². The van der Waals surface area contributed by atoms with E-state index in [4.69, 9.17) is 4.74 Å². The topological polar surface area (TPSA) is 76.4 Å². The lowest BCUT2D eigenvalue weighted by molar-refractivity contribution is -0.138. The second kappa shape index (κ2) is 5.43. The molecule has 2 aromatic rings. The molecule has 6 nitrogen and oxygen atoms in total. The van der Waals surface area contributed by atoms with Gasteiger partial charge < -0.3 is 19.7 Å². The van der Waals surface area contributed by atoms with Gasteiger partial charge in [-0.05, 0) is 24.3 Å². The van der Waals surface area contributed by atoms with Gasteiger partial charge in [-0.15, -0.1) is 0 Å². The van der Waals surface area contributed by atoms with E-state index in [0.29, 0.717) is 11.4 Å². The monoisotopic (exact) mass is 261 g/mol. The van der Waals surface area contributed by atoms with Crippen LogP contribution in [0.5, 0.6) is 5.75 Å². The third kappa shape index (κ3) is 2.85. The zero-order chi connectivity index (χ0) is 13.8. The van der Waals surface area contributed by atoms with Crippen molar-refractivity contribution in [2.45, 2.75) is 6.04 Å². The van der Waals surface area contributed by atoms with E-state index in [-0.39, 0.29) is 0 Å². The number of ether oxygens (including phenoxy) is 1. The zero-order valence-electron chi connectivity index (χ0n) is 10.7. The first kappa shape index (κ1) is 12.9. The van der Waals surface area contributed by atoms with Crippen LogP contribution in [0.3, 0.4) is 0 Å². The van der Waals surface area contributed by atoms with Gasteiger partial charge in [-0.1, -0.05) is 0 Å². The van der Waals surface area contributed by atoms with Gasteiger partial charge in [0.15, 0.2) is 6.04 Å². The van der Waals surface area contributed by atoms with E-state index in [1.165, 1.54) is 6.20 Å². The second-order valence-corrected chi connectivity index (χ2v) is 4.07. The van der Waals surface area contributed by atoms with Crippen molar-refractivity contribution in [3.05, 3.63) is 42.5 Å². The van der Waals surface area contributed by atoms with E-state index in [2.05, 4.69) is 10.3 Å². The quantitative estimate of drug-likeness (QED) is 0.856. The maximum Gasteiger partial charge on any atom is 0.332 e. The number of carbonyl (C=O) groups is 1. The summed E-state index contributed by atoms with van der Waals surface area (Å²) in [4.78, 5) is 15.3. The molecule has 0 bridgehead atoms. The third-order valence-corrected chi connectivity index (χ3v) is 2.80. The van der Waals surface area contributed by atoms with E-state index >= 15 is 0 Å². The molecule has 2 rings (SSSR count). The summed E-state index contributed by atoms with van der Waals surface area (Å²) < 4.78 is 6.73. The highest BCUT2D eigenvalue weighted by atomic mass is 16.5. The molecule has 0 aliphatic rings. The molecule has 0 saturated heterocycles. The molecule has 1 aromatic heterocycles. The number of benzene rings is 1. The summed E-state index contributed by atoms with van der Waals surface area (Å²) in [5.74, 6) is -0.239. The Bertz CT molecular complexity index is 563. The van der Waals surface area contributed by atoms with Crippen molar-refractivity contribution < 1.29 is 14.6 Å². The van der Waals surface area contributed by atoms with Gasteiger partial charge in [-0.25, -0.2) is 9.78 Å². The molecule has 6 heteroatoms. The van der Waals surface area contributed by atoms with Crippen molar-refractivity contribution in [1.82, 2.24) is 9.55 Å². The normalized spacial score (nSPS) is 11.9. The fraction of sp³-hybridized carbons (Fsp3) is 0.231. The number of hydrogen-bond donors (Lipinski definition) is 2. The second-order valence-electron chi connectivity index (χ2n) is 4.07. The molecule has 19 heavy (non-hydrogen) atoms. The molecule has 0 fully saturated rings. The molecule has 0 radical (unpaired) electrons. The van der Waals surface area contributed by atoms with Crippen molar-refractivity contribution in [2.75, 3.05) is 12.4 Å². The number of hydrogen-bond acceptors (Lipinski definition) is 4. The van der Waals surface area contributed by atoms with E-state index < -0.39 is 12.0 Å². The minimum Gasteiger partial charge on any atom is -0.497 e. The van der Waals surface area contributed by atoms with Gasteiger partial charge in [-0.2, -0.15) is 0 Å². The Morgan fingerprint density at radius 3 is 2.58 bits per heavy atom. The van der Waals surface area contributed by atoms with E-state index in [0.717, 1.165) is 5.75 Å². The van der Waals surface area contributed by atoms with Crippen molar-refractivity contribution >= 4 is 11.7 Å². The van der Waals surface area contributed by atoms with Crippen LogP contribution in [0, 0.1) is 0 Å². The first-order valence-electron chi connectivity index (χ1n) is 5.71. The number of carboxylic acid groups (broad SMARTS) is 1. The van der Waals surface area contributed by atoms with E-state index in [1.54, 1.807) is 49.3 Å². The van der Waals surface area contributed by atoms with Crippen LogP contribution >= 0.6 is 0 Å². The molecule has 0 spiro atoms. The van der Waals surface area contributed by atoms with E-state index in [1.807, 2.05) is 0 Å². The van der Waals surface area contributed by atoms with Crippen LogP contribution in [0.2, 0.25) is 0 Å². The number of nitrogens with one attached hydrogen (secondary N) is 1. The number of aryl methyl sites for hydroxylation is 1. The number of imidazole rings is 1. The summed E-state index contributed by atoms with van der Waals surface area (Å²) in [7, 11) is 3.34. The van der Waals surface area contributed by atoms with Crippen molar-refractivity contribution in [2.24, 2.45) is 7.05 Å². The van der Waals surface area contributed by atoms with Crippen LogP contribution in [0.15, 0.2) is 36.8 Å². The van der Waals surface area contributed by atoms with Gasteiger partial charge >= 0.3 is 5.97 Å². The van der Waals surface area contributed by atoms with Gasteiger partial charge in [0.05, 0.1) is 25.3 Å². The SMILES string of the molecule is COc1ccc(NC(C(=O)O)c2cncn2C)cc1. The summed E-state index contributed by atoms with van der Waals surface area (Å²) in [5, 5.41) is 12.3. The summed E-state index contributed by atoms with van der Waals surface area (Å²) in [6.45, 7) is 0. The Balaban J connectivity index is 2.21. The Labute approximate surface area is 110 Å². The largest absolute Gasteiger partial charge is 0.497 e.